The van der Waals surface area contributed by atoms with Gasteiger partial charge in [-0.1, -0.05) is 30.3 Å². The van der Waals surface area contributed by atoms with Crippen molar-refractivity contribution in [1.82, 2.24) is 10.3 Å². The highest BCUT2D eigenvalue weighted by atomic mass is 16.3. The van der Waals surface area contributed by atoms with Gasteiger partial charge < -0.3 is 10.4 Å². The zero-order chi connectivity index (χ0) is 11.9. The second kappa shape index (κ2) is 6.00. The maximum atomic E-state index is 8.75. The van der Waals surface area contributed by atoms with Gasteiger partial charge in [-0.2, -0.15) is 5.10 Å². The summed E-state index contributed by atoms with van der Waals surface area (Å²) >= 11 is 0. The van der Waals surface area contributed by atoms with E-state index in [9.17, 15) is 0 Å². The number of rotatable bonds is 4. The molecule has 0 amide bonds. The summed E-state index contributed by atoms with van der Waals surface area (Å²) in [7, 11) is 0. The molecule has 0 saturated carbocycles. The van der Waals surface area contributed by atoms with Crippen LogP contribution in [0, 0.1) is 0 Å². The van der Waals surface area contributed by atoms with Crippen molar-refractivity contribution in [3.63, 3.8) is 0 Å². The van der Waals surface area contributed by atoms with Crippen molar-refractivity contribution in [3.8, 4) is 0 Å². The van der Waals surface area contributed by atoms with Gasteiger partial charge >= 0.3 is 0 Å². The number of guanidine groups is 1. The lowest BCUT2D eigenvalue weighted by Gasteiger charge is -2.14. The first-order valence-corrected chi connectivity index (χ1v) is 5.66. The Labute approximate surface area is 100 Å². The van der Waals surface area contributed by atoms with E-state index in [1.165, 1.54) is 0 Å². The van der Waals surface area contributed by atoms with Gasteiger partial charge in [0.05, 0.1) is 25.9 Å². The number of hydrogen-bond donors (Lipinski definition) is 2. The molecule has 1 aromatic carbocycles. The fourth-order valence-corrected chi connectivity index (χ4v) is 1.54. The van der Waals surface area contributed by atoms with Crippen molar-refractivity contribution in [2.24, 2.45) is 10.1 Å². The van der Waals surface area contributed by atoms with E-state index in [0.717, 1.165) is 24.6 Å². The SMILES string of the molecule is OCCNC1=NCCN1/N=C/c1ccccc1. The topological polar surface area (TPSA) is 60.2 Å². The number of aliphatic hydroxyl groups is 1. The minimum atomic E-state index is 0.0925. The van der Waals surface area contributed by atoms with Gasteiger partial charge in [0.2, 0.25) is 5.96 Å². The smallest absolute Gasteiger partial charge is 0.215 e. The molecule has 5 heteroatoms. The van der Waals surface area contributed by atoms with Crippen molar-refractivity contribution in [2.75, 3.05) is 26.2 Å². The molecule has 0 atom stereocenters. The van der Waals surface area contributed by atoms with Gasteiger partial charge in [0, 0.05) is 6.54 Å². The van der Waals surface area contributed by atoms with Crippen LogP contribution in [-0.2, 0) is 0 Å². The van der Waals surface area contributed by atoms with E-state index in [1.54, 1.807) is 0 Å². The van der Waals surface area contributed by atoms with Crippen molar-refractivity contribution >= 4 is 12.2 Å². The minimum absolute atomic E-state index is 0.0925. The maximum Gasteiger partial charge on any atom is 0.215 e. The van der Waals surface area contributed by atoms with Crippen LogP contribution < -0.4 is 5.32 Å². The highest BCUT2D eigenvalue weighted by Gasteiger charge is 2.14. The van der Waals surface area contributed by atoms with Crippen molar-refractivity contribution < 1.29 is 5.11 Å². The van der Waals surface area contributed by atoms with E-state index < -0.39 is 0 Å². The average molecular weight is 232 g/mol. The summed E-state index contributed by atoms with van der Waals surface area (Å²) in [5, 5.41) is 17.9. The molecule has 1 aromatic rings. The first-order valence-electron chi connectivity index (χ1n) is 5.66. The van der Waals surface area contributed by atoms with E-state index in [-0.39, 0.29) is 6.61 Å². The number of nitrogens with one attached hydrogen (secondary N) is 1. The Bertz CT molecular complexity index is 402. The van der Waals surface area contributed by atoms with Crippen LogP contribution in [0.3, 0.4) is 0 Å². The van der Waals surface area contributed by atoms with Crippen LogP contribution in [0.15, 0.2) is 40.4 Å². The lowest BCUT2D eigenvalue weighted by atomic mass is 10.2. The average Bonchev–Trinajstić information content (AvgIpc) is 2.82. The standard InChI is InChI=1S/C12H16N4O/c17-9-7-14-12-13-6-8-16(12)15-10-11-4-2-1-3-5-11/h1-5,10,17H,6-9H2,(H,13,14)/b15-10+. The fourth-order valence-electron chi connectivity index (χ4n) is 1.54. The zero-order valence-corrected chi connectivity index (χ0v) is 9.58. The molecule has 0 unspecified atom stereocenters. The summed E-state index contributed by atoms with van der Waals surface area (Å²) in [6, 6.07) is 9.92. The molecule has 0 aliphatic carbocycles. The van der Waals surface area contributed by atoms with Crippen LogP contribution in [0.4, 0.5) is 0 Å². The van der Waals surface area contributed by atoms with Crippen molar-refractivity contribution in [2.45, 2.75) is 0 Å². The molecule has 1 heterocycles. The van der Waals surface area contributed by atoms with Crippen LogP contribution in [0.1, 0.15) is 5.56 Å². The van der Waals surface area contributed by atoms with E-state index in [4.69, 9.17) is 5.11 Å². The molecule has 2 rings (SSSR count). The summed E-state index contributed by atoms with van der Waals surface area (Å²) in [5.41, 5.74) is 1.06. The quantitative estimate of drug-likeness (QED) is 0.733. The number of hydrogen-bond acceptors (Lipinski definition) is 5. The van der Waals surface area contributed by atoms with Crippen LogP contribution in [0.5, 0.6) is 0 Å². The van der Waals surface area contributed by atoms with Crippen molar-refractivity contribution in [1.29, 1.82) is 0 Å². The highest BCUT2D eigenvalue weighted by Crippen LogP contribution is 2.01. The lowest BCUT2D eigenvalue weighted by Crippen LogP contribution is -2.36. The number of hydrazone groups is 1. The number of nitrogens with zero attached hydrogens (tertiary/aromatic N) is 3. The van der Waals surface area contributed by atoms with Gasteiger partial charge in [-0.15, -0.1) is 0 Å². The molecule has 0 spiro atoms. The first kappa shape index (κ1) is 11.6. The summed E-state index contributed by atoms with van der Waals surface area (Å²) in [4.78, 5) is 4.27. The van der Waals surface area contributed by atoms with Crippen LogP contribution in [-0.4, -0.2) is 48.5 Å². The maximum absolute atomic E-state index is 8.75. The molecular weight excluding hydrogens is 216 g/mol. The Kier molecular flexibility index (Phi) is 4.10. The predicted molar refractivity (Wildman–Crippen MR) is 68.1 cm³/mol. The Morgan fingerprint density at radius 2 is 2.24 bits per heavy atom. The van der Waals surface area contributed by atoms with Gasteiger partial charge in [-0.3, -0.25) is 0 Å². The monoisotopic (exact) mass is 232 g/mol. The molecule has 17 heavy (non-hydrogen) atoms. The van der Waals surface area contributed by atoms with Gasteiger partial charge in [-0.05, 0) is 5.56 Å². The van der Waals surface area contributed by atoms with Gasteiger partial charge in [0.1, 0.15) is 0 Å². The Balaban J connectivity index is 1.95. The van der Waals surface area contributed by atoms with Crippen LogP contribution >= 0.6 is 0 Å². The van der Waals surface area contributed by atoms with Gasteiger partial charge in [0.25, 0.3) is 0 Å². The lowest BCUT2D eigenvalue weighted by molar-refractivity contribution is 0.298. The third-order valence-corrected chi connectivity index (χ3v) is 2.36. The second-order valence-corrected chi connectivity index (χ2v) is 3.63. The number of benzene rings is 1. The molecule has 0 aromatic heterocycles. The molecule has 0 radical (unpaired) electrons. The Morgan fingerprint density at radius 3 is 3.00 bits per heavy atom. The predicted octanol–water partition coefficient (Wildman–Crippen LogP) is 0.274. The van der Waals surface area contributed by atoms with E-state index in [2.05, 4.69) is 15.4 Å². The molecule has 1 aliphatic rings. The highest BCUT2D eigenvalue weighted by molar-refractivity contribution is 5.84. The normalized spacial score (nSPS) is 15.4. The largest absolute Gasteiger partial charge is 0.395 e. The molecule has 90 valence electrons. The fraction of sp³-hybridized carbons (Fsp3) is 0.333. The van der Waals surface area contributed by atoms with Gasteiger partial charge in [0.15, 0.2) is 0 Å². The Hall–Kier alpha value is -1.88. The molecule has 0 bridgehead atoms. The number of aliphatic imine (C=N–C) groups is 1. The van der Waals surface area contributed by atoms with Crippen molar-refractivity contribution in [3.05, 3.63) is 35.9 Å². The summed E-state index contributed by atoms with van der Waals surface area (Å²) in [6.07, 6.45) is 1.81. The minimum Gasteiger partial charge on any atom is -0.395 e. The molecule has 1 aliphatic heterocycles. The van der Waals surface area contributed by atoms with Crippen LogP contribution in [0.25, 0.3) is 0 Å². The molecule has 2 N–H and O–H groups in total. The Morgan fingerprint density at radius 1 is 1.41 bits per heavy atom. The summed E-state index contributed by atoms with van der Waals surface area (Å²) in [5.74, 6) is 0.728. The molecular formula is C12H16N4O. The van der Waals surface area contributed by atoms with E-state index in [1.807, 2.05) is 41.6 Å². The first-order chi connectivity index (χ1) is 8.40. The summed E-state index contributed by atoms with van der Waals surface area (Å²) in [6.45, 7) is 2.10. The van der Waals surface area contributed by atoms with E-state index in [0.29, 0.717) is 6.54 Å². The number of aliphatic hydroxyl groups excluding tert-OH is 1. The van der Waals surface area contributed by atoms with E-state index >= 15 is 0 Å². The molecule has 0 saturated heterocycles. The van der Waals surface area contributed by atoms with Crippen LogP contribution in [0.2, 0.25) is 0 Å². The third-order valence-electron chi connectivity index (χ3n) is 2.36. The molecule has 5 nitrogen and oxygen atoms in total. The van der Waals surface area contributed by atoms with Gasteiger partial charge in [-0.25, -0.2) is 10.0 Å². The molecule has 0 fully saturated rings. The zero-order valence-electron chi connectivity index (χ0n) is 9.58. The summed E-state index contributed by atoms with van der Waals surface area (Å²) < 4.78 is 0. The third kappa shape index (κ3) is 3.29. The second-order valence-electron chi connectivity index (χ2n) is 3.63.